The molecule has 0 aliphatic carbocycles. The molecule has 0 bridgehead atoms. The molecule has 0 spiro atoms. The van der Waals surface area contributed by atoms with E-state index < -0.39 is 60.6 Å². The molecule has 0 saturated heterocycles. The summed E-state index contributed by atoms with van der Waals surface area (Å²) in [6, 6.07) is 0. The van der Waals surface area contributed by atoms with Gasteiger partial charge < -0.3 is 51.1 Å². The molecular weight excluding hydrogens is 433 g/mol. The summed E-state index contributed by atoms with van der Waals surface area (Å²) in [4.78, 5) is 42.5. The fourth-order valence-corrected chi connectivity index (χ4v) is 1.86. The molecule has 0 aromatic rings. The van der Waals surface area contributed by atoms with Crippen molar-refractivity contribution >= 4 is 23.9 Å². The van der Waals surface area contributed by atoms with Gasteiger partial charge in [-0.05, 0) is 0 Å². The van der Waals surface area contributed by atoms with Crippen LogP contribution in [0.2, 0.25) is 0 Å². The normalized spacial score (nSPS) is 9.92. The number of aliphatic carboxylic acids is 4. The molecule has 14 heteroatoms. The van der Waals surface area contributed by atoms with Crippen LogP contribution in [0.3, 0.4) is 0 Å². The number of nitrogens with two attached hydrogens (primary N) is 2. The van der Waals surface area contributed by atoms with Gasteiger partial charge >= 0.3 is 206 Å². The Kier molecular flexibility index (Phi) is 29.4. The number of hydrogen-bond acceptors (Lipinski definition) is 10. The summed E-state index contributed by atoms with van der Waals surface area (Å²) in [7, 11) is 0. The molecule has 0 radical (unpaired) electrons. The van der Waals surface area contributed by atoms with Crippen LogP contribution >= 0.6 is 0 Å². The van der Waals surface area contributed by atoms with Crippen LogP contribution in [0.4, 0.5) is 0 Å². The molecule has 0 amide bonds. The monoisotopic (exact) mass is 444 g/mol. The summed E-state index contributed by atoms with van der Waals surface area (Å²) in [5.41, 5.74) is 6.20. The number of hydrogen-bond donors (Lipinski definition) is 2. The Morgan fingerprint density at radius 3 is 0.750 bits per heavy atom. The van der Waals surface area contributed by atoms with Crippen LogP contribution in [0.15, 0.2) is 0 Å². The third-order valence-corrected chi connectivity index (χ3v) is 2.83. The van der Waals surface area contributed by atoms with Gasteiger partial charge in [-0.3, -0.25) is 0 Å². The molecule has 0 unspecified atom stereocenters. The van der Waals surface area contributed by atoms with Gasteiger partial charge in [-0.1, -0.05) is 0 Å². The Bertz CT molecular complexity index is 377. The van der Waals surface area contributed by atoms with Crippen molar-refractivity contribution in [1.29, 1.82) is 0 Å². The van der Waals surface area contributed by atoms with Gasteiger partial charge in [0.15, 0.2) is 0 Å². The van der Waals surface area contributed by atoms with Crippen molar-refractivity contribution in [3.8, 4) is 0 Å². The molecule has 0 fully saturated rings. The summed E-state index contributed by atoms with van der Waals surface area (Å²) < 4.78 is 0. The van der Waals surface area contributed by atoms with Gasteiger partial charge in [-0.2, -0.15) is 0 Å². The van der Waals surface area contributed by atoms with Crippen molar-refractivity contribution in [2.24, 2.45) is 11.5 Å². The number of rotatable bonds is 9. The zero-order valence-corrected chi connectivity index (χ0v) is 26.7. The average molecular weight is 445 g/mol. The average Bonchev–Trinajstić information content (AvgIpc) is 2.10. The van der Waals surface area contributed by atoms with Crippen LogP contribution in [0.5, 0.6) is 0 Å². The van der Waals surface area contributed by atoms with Crippen LogP contribution in [0.1, 0.15) is 25.7 Å². The Labute approximate surface area is 308 Å². The van der Waals surface area contributed by atoms with Crippen molar-refractivity contribution in [1.82, 2.24) is 0 Å². The molecule has 10 nitrogen and oxygen atoms in total. The quantitative estimate of drug-likeness (QED) is 0.320. The van der Waals surface area contributed by atoms with E-state index in [2.05, 4.69) is 0 Å². The Hall–Kier alpha value is 4.35. The van der Waals surface area contributed by atoms with Gasteiger partial charge in [0.1, 0.15) is 0 Å². The Morgan fingerprint density at radius 1 is 0.542 bits per heavy atom. The largest absolute Gasteiger partial charge is 1.00 e. The second-order valence-corrected chi connectivity index (χ2v) is 4.51. The number of carbonyl (C=O) groups excluding carboxylic acids is 4. The SMILES string of the molecule is NC(CC(=O)[O-])(CC(=O)[O-])C(N)(CC(=O)[O-])CC(=O)[O-].[K+].[K+].[K+].[K+]. The maximum Gasteiger partial charge on any atom is 1.00 e. The van der Waals surface area contributed by atoms with E-state index >= 15 is 0 Å². The maximum atomic E-state index is 10.6. The van der Waals surface area contributed by atoms with Gasteiger partial charge in [0.25, 0.3) is 0 Å². The van der Waals surface area contributed by atoms with E-state index in [4.69, 9.17) is 11.5 Å². The summed E-state index contributed by atoms with van der Waals surface area (Å²) >= 11 is 0. The van der Waals surface area contributed by atoms with Crippen molar-refractivity contribution in [2.45, 2.75) is 36.8 Å². The molecule has 4 N–H and O–H groups in total. The molecular formula is C10H12K4N2O8. The van der Waals surface area contributed by atoms with Crippen LogP contribution < -0.4 is 237 Å². The molecule has 0 atom stereocenters. The number of carboxylic acids is 4. The molecule has 0 aromatic heterocycles. The molecule has 0 aliphatic rings. The van der Waals surface area contributed by atoms with Gasteiger partial charge in [-0.25, -0.2) is 0 Å². The van der Waals surface area contributed by atoms with Crippen molar-refractivity contribution in [2.75, 3.05) is 0 Å². The van der Waals surface area contributed by atoms with Crippen LogP contribution in [-0.4, -0.2) is 35.0 Å². The molecule has 114 valence electrons. The minimum absolute atomic E-state index is 0. The van der Waals surface area contributed by atoms with Crippen LogP contribution in [0, 0.1) is 0 Å². The second-order valence-electron chi connectivity index (χ2n) is 4.51. The van der Waals surface area contributed by atoms with E-state index in [1.54, 1.807) is 0 Å². The first-order valence-electron chi connectivity index (χ1n) is 5.29. The van der Waals surface area contributed by atoms with Gasteiger partial charge in [0.05, 0.1) is 0 Å². The summed E-state index contributed by atoms with van der Waals surface area (Å²) in [5, 5.41) is 42.5. The summed E-state index contributed by atoms with van der Waals surface area (Å²) in [6.07, 6.45) is -4.73. The smallest absolute Gasteiger partial charge is 0.550 e. The molecule has 24 heavy (non-hydrogen) atoms. The first-order chi connectivity index (χ1) is 8.92. The predicted molar refractivity (Wildman–Crippen MR) is 52.3 cm³/mol. The third kappa shape index (κ3) is 15.2. The minimum atomic E-state index is -2.43. The fraction of sp³-hybridized carbons (Fsp3) is 0.600. The third-order valence-electron chi connectivity index (χ3n) is 2.83. The second kappa shape index (κ2) is 18.1. The first-order valence-corrected chi connectivity index (χ1v) is 5.29. The van der Waals surface area contributed by atoms with Crippen LogP contribution in [0.25, 0.3) is 0 Å². The first kappa shape index (κ1) is 38.9. The van der Waals surface area contributed by atoms with Gasteiger partial charge in [-0.15, -0.1) is 0 Å². The Balaban J connectivity index is -0.000000301. The van der Waals surface area contributed by atoms with Crippen molar-refractivity contribution in [3.63, 3.8) is 0 Å². The minimum Gasteiger partial charge on any atom is -0.550 e. The zero-order chi connectivity index (χ0) is 16.1. The van der Waals surface area contributed by atoms with E-state index in [0.717, 1.165) is 0 Å². The molecule has 0 heterocycles. The van der Waals surface area contributed by atoms with E-state index in [1.807, 2.05) is 0 Å². The van der Waals surface area contributed by atoms with E-state index in [9.17, 15) is 39.6 Å². The molecule has 0 aliphatic heterocycles. The summed E-state index contributed by atoms with van der Waals surface area (Å²) in [6.45, 7) is 0. The molecule has 0 saturated carbocycles. The Morgan fingerprint density at radius 2 is 0.667 bits per heavy atom. The summed E-state index contributed by atoms with van der Waals surface area (Å²) in [5.74, 6) is -7.33. The predicted octanol–water partition coefficient (Wildman–Crippen LogP) is -19.0. The fourth-order valence-electron chi connectivity index (χ4n) is 1.86. The van der Waals surface area contributed by atoms with E-state index in [0.29, 0.717) is 0 Å². The van der Waals surface area contributed by atoms with E-state index in [-0.39, 0.29) is 206 Å². The number of carboxylic acid groups (broad SMARTS) is 4. The molecule has 0 rings (SSSR count). The van der Waals surface area contributed by atoms with Gasteiger partial charge in [0.2, 0.25) is 0 Å². The molecule has 0 aromatic carbocycles. The van der Waals surface area contributed by atoms with Crippen molar-refractivity contribution in [3.05, 3.63) is 0 Å². The van der Waals surface area contributed by atoms with Crippen LogP contribution in [-0.2, 0) is 19.2 Å². The topological polar surface area (TPSA) is 213 Å². The van der Waals surface area contributed by atoms with Gasteiger partial charge in [0, 0.05) is 60.6 Å². The standard InChI is InChI=1S/C10H16N2O8.4K/c11-9(1-5(13)14,2-6(15)16)10(12,3-7(17)18)4-8(19)20;;;;/h1-4,11-12H2,(H,13,14)(H,15,16)(H,17,18)(H,19,20);;;;/q;4*+1/p-4. The zero-order valence-electron chi connectivity index (χ0n) is 14.2. The van der Waals surface area contributed by atoms with E-state index in [1.165, 1.54) is 0 Å². The van der Waals surface area contributed by atoms with Crippen molar-refractivity contribution < 1.29 is 245 Å². The maximum absolute atomic E-state index is 10.6. The number of carbonyl (C=O) groups is 4.